The minimum atomic E-state index is -3.54. The van der Waals surface area contributed by atoms with E-state index in [-0.39, 0.29) is 23.8 Å². The summed E-state index contributed by atoms with van der Waals surface area (Å²) in [7, 11) is -3.54. The molecule has 1 aromatic carbocycles. The Hall–Kier alpha value is -1.40. The van der Waals surface area contributed by atoms with E-state index in [1.54, 1.807) is 18.2 Å². The number of carbonyl (C=O) groups excluding carboxylic acids is 1. The number of hydrogen-bond acceptors (Lipinski definition) is 3. The monoisotopic (exact) mass is 284 g/mol. The molecule has 0 aliphatic heterocycles. The third-order valence-corrected chi connectivity index (χ3v) is 4.27. The zero-order valence-electron chi connectivity index (χ0n) is 11.5. The zero-order valence-corrected chi connectivity index (χ0v) is 12.3. The van der Waals surface area contributed by atoms with Gasteiger partial charge >= 0.3 is 0 Å². The van der Waals surface area contributed by atoms with Gasteiger partial charge in [-0.3, -0.25) is 4.79 Å². The third kappa shape index (κ3) is 4.65. The molecule has 1 aromatic rings. The van der Waals surface area contributed by atoms with E-state index in [1.807, 2.05) is 20.8 Å². The Morgan fingerprint density at radius 2 is 1.89 bits per heavy atom. The van der Waals surface area contributed by atoms with Crippen molar-refractivity contribution in [3.05, 3.63) is 29.3 Å². The fourth-order valence-electron chi connectivity index (χ4n) is 1.55. The first kappa shape index (κ1) is 15.7. The van der Waals surface area contributed by atoms with Crippen LogP contribution < -0.4 is 10.0 Å². The van der Waals surface area contributed by atoms with Gasteiger partial charge in [-0.2, -0.15) is 0 Å². The van der Waals surface area contributed by atoms with E-state index in [9.17, 15) is 13.2 Å². The molecule has 0 aliphatic rings. The molecule has 19 heavy (non-hydrogen) atoms. The van der Waals surface area contributed by atoms with Crippen LogP contribution in [0.25, 0.3) is 0 Å². The van der Waals surface area contributed by atoms with E-state index < -0.39 is 10.0 Å². The number of benzene rings is 1. The zero-order chi connectivity index (χ0) is 14.5. The Morgan fingerprint density at radius 1 is 1.21 bits per heavy atom. The summed E-state index contributed by atoms with van der Waals surface area (Å²) in [6.07, 6.45) is 0.137. The van der Waals surface area contributed by atoms with Crippen LogP contribution in [0.4, 0.5) is 0 Å². The maximum Gasteiger partial charge on any atom is 0.240 e. The minimum absolute atomic E-state index is 0.0983. The molecule has 1 amide bonds. The van der Waals surface area contributed by atoms with Crippen LogP contribution in [0, 0.1) is 13.8 Å². The molecule has 0 fully saturated rings. The first-order chi connectivity index (χ1) is 8.86. The second-order valence-electron chi connectivity index (χ2n) is 4.35. The van der Waals surface area contributed by atoms with Crippen molar-refractivity contribution in [3.8, 4) is 0 Å². The molecule has 0 spiro atoms. The van der Waals surface area contributed by atoms with Crippen LogP contribution in [0.1, 0.15) is 24.5 Å². The molecule has 0 aromatic heterocycles. The predicted molar refractivity (Wildman–Crippen MR) is 74.4 cm³/mol. The van der Waals surface area contributed by atoms with Crippen LogP contribution >= 0.6 is 0 Å². The highest BCUT2D eigenvalue weighted by molar-refractivity contribution is 7.89. The number of hydrogen-bond donors (Lipinski definition) is 2. The van der Waals surface area contributed by atoms with Gasteiger partial charge in [-0.05, 0) is 44.0 Å². The molecule has 1 rings (SSSR count). The molecule has 0 heterocycles. The number of nitrogens with one attached hydrogen (secondary N) is 2. The highest BCUT2D eigenvalue weighted by atomic mass is 32.2. The van der Waals surface area contributed by atoms with E-state index in [1.165, 1.54) is 0 Å². The smallest absolute Gasteiger partial charge is 0.240 e. The second-order valence-corrected chi connectivity index (χ2v) is 6.11. The lowest BCUT2D eigenvalue weighted by atomic mass is 10.1. The van der Waals surface area contributed by atoms with Crippen LogP contribution in [0.5, 0.6) is 0 Å². The molecular weight excluding hydrogens is 264 g/mol. The fraction of sp³-hybridized carbons (Fsp3) is 0.462. The van der Waals surface area contributed by atoms with Gasteiger partial charge in [0.05, 0.1) is 4.90 Å². The normalized spacial score (nSPS) is 11.3. The van der Waals surface area contributed by atoms with Gasteiger partial charge in [0, 0.05) is 19.5 Å². The van der Waals surface area contributed by atoms with Gasteiger partial charge in [0.2, 0.25) is 15.9 Å². The third-order valence-electron chi connectivity index (χ3n) is 2.81. The molecule has 0 unspecified atom stereocenters. The lowest BCUT2D eigenvalue weighted by molar-refractivity contribution is -0.120. The average molecular weight is 284 g/mol. The average Bonchev–Trinajstić information content (AvgIpc) is 2.32. The van der Waals surface area contributed by atoms with Gasteiger partial charge in [-0.25, -0.2) is 13.1 Å². The van der Waals surface area contributed by atoms with Crippen LogP contribution in [0.3, 0.4) is 0 Å². The summed E-state index contributed by atoms with van der Waals surface area (Å²) in [6.45, 7) is 6.25. The fourth-order valence-corrected chi connectivity index (χ4v) is 2.67. The van der Waals surface area contributed by atoms with Crippen molar-refractivity contribution in [2.24, 2.45) is 0 Å². The Balaban J connectivity index is 2.66. The van der Waals surface area contributed by atoms with Crippen molar-refractivity contribution >= 4 is 15.9 Å². The summed E-state index contributed by atoms with van der Waals surface area (Å²) >= 11 is 0. The van der Waals surface area contributed by atoms with Gasteiger partial charge in [0.25, 0.3) is 0 Å². The summed E-state index contributed by atoms with van der Waals surface area (Å²) in [5.41, 5.74) is 1.97. The highest BCUT2D eigenvalue weighted by Gasteiger charge is 2.14. The van der Waals surface area contributed by atoms with Gasteiger partial charge in [-0.1, -0.05) is 6.07 Å². The molecular formula is C13H20N2O3S. The molecule has 0 saturated heterocycles. The lowest BCUT2D eigenvalue weighted by Crippen LogP contribution is -2.30. The maximum atomic E-state index is 12.0. The van der Waals surface area contributed by atoms with E-state index >= 15 is 0 Å². The molecule has 106 valence electrons. The van der Waals surface area contributed by atoms with Crippen LogP contribution in [-0.2, 0) is 14.8 Å². The highest BCUT2D eigenvalue weighted by Crippen LogP contribution is 2.14. The Bertz CT molecular complexity index is 553. The van der Waals surface area contributed by atoms with Crippen molar-refractivity contribution in [2.45, 2.75) is 32.1 Å². The van der Waals surface area contributed by atoms with Crippen molar-refractivity contribution in [2.75, 3.05) is 13.1 Å². The molecule has 0 aliphatic carbocycles. The number of aryl methyl sites for hydroxylation is 2. The molecule has 0 bridgehead atoms. The van der Waals surface area contributed by atoms with Crippen LogP contribution in [-0.4, -0.2) is 27.4 Å². The molecule has 2 N–H and O–H groups in total. The van der Waals surface area contributed by atoms with Gasteiger partial charge in [0.1, 0.15) is 0 Å². The maximum absolute atomic E-state index is 12.0. The molecule has 6 heteroatoms. The summed E-state index contributed by atoms with van der Waals surface area (Å²) in [5.74, 6) is -0.162. The molecule has 0 atom stereocenters. The van der Waals surface area contributed by atoms with E-state index in [2.05, 4.69) is 10.0 Å². The molecule has 0 saturated carbocycles. The van der Waals surface area contributed by atoms with Crippen molar-refractivity contribution in [1.82, 2.24) is 10.0 Å². The first-order valence-electron chi connectivity index (χ1n) is 6.20. The van der Waals surface area contributed by atoms with Gasteiger partial charge in [-0.15, -0.1) is 0 Å². The summed E-state index contributed by atoms with van der Waals surface area (Å²) in [4.78, 5) is 11.4. The van der Waals surface area contributed by atoms with Crippen LogP contribution in [0.15, 0.2) is 23.1 Å². The standard InChI is InChI=1S/C13H20N2O3S/c1-4-14-13(16)7-8-15-19(17,18)12-6-5-10(2)11(3)9-12/h5-6,9,15H,4,7-8H2,1-3H3,(H,14,16). The van der Waals surface area contributed by atoms with E-state index in [4.69, 9.17) is 0 Å². The Labute approximate surface area is 114 Å². The number of rotatable bonds is 6. The SMILES string of the molecule is CCNC(=O)CCNS(=O)(=O)c1ccc(C)c(C)c1. The van der Waals surface area contributed by atoms with Gasteiger partial charge in [0.15, 0.2) is 0 Å². The van der Waals surface area contributed by atoms with Crippen molar-refractivity contribution in [3.63, 3.8) is 0 Å². The van der Waals surface area contributed by atoms with E-state index in [0.29, 0.717) is 6.54 Å². The quantitative estimate of drug-likeness (QED) is 0.821. The van der Waals surface area contributed by atoms with Gasteiger partial charge < -0.3 is 5.32 Å². The summed E-state index contributed by atoms with van der Waals surface area (Å²) in [6, 6.07) is 4.97. The Morgan fingerprint density at radius 3 is 2.47 bits per heavy atom. The molecule has 5 nitrogen and oxygen atoms in total. The number of carbonyl (C=O) groups is 1. The first-order valence-corrected chi connectivity index (χ1v) is 7.68. The van der Waals surface area contributed by atoms with Crippen molar-refractivity contribution < 1.29 is 13.2 Å². The predicted octanol–water partition coefficient (Wildman–Crippen LogP) is 1.11. The minimum Gasteiger partial charge on any atom is -0.356 e. The number of sulfonamides is 1. The largest absolute Gasteiger partial charge is 0.356 e. The number of amides is 1. The lowest BCUT2D eigenvalue weighted by Gasteiger charge is -2.08. The molecule has 0 radical (unpaired) electrons. The Kier molecular flexibility index (Phi) is 5.50. The van der Waals surface area contributed by atoms with E-state index in [0.717, 1.165) is 11.1 Å². The topological polar surface area (TPSA) is 75.3 Å². The summed E-state index contributed by atoms with van der Waals surface area (Å²) in [5, 5.41) is 2.61. The second kappa shape index (κ2) is 6.68. The summed E-state index contributed by atoms with van der Waals surface area (Å²) < 4.78 is 26.4. The van der Waals surface area contributed by atoms with Crippen molar-refractivity contribution in [1.29, 1.82) is 0 Å². The van der Waals surface area contributed by atoms with Crippen LogP contribution in [0.2, 0.25) is 0 Å².